The van der Waals surface area contributed by atoms with Gasteiger partial charge >= 0.3 is 0 Å². The van der Waals surface area contributed by atoms with Gasteiger partial charge in [-0.15, -0.1) is 0 Å². The molecule has 0 spiro atoms. The maximum atomic E-state index is 12.6. The van der Waals surface area contributed by atoms with Crippen LogP contribution in [0.1, 0.15) is 27.9 Å². The number of benzene rings is 1. The van der Waals surface area contributed by atoms with Gasteiger partial charge in [0.15, 0.2) is 0 Å². The van der Waals surface area contributed by atoms with Crippen molar-refractivity contribution in [2.45, 2.75) is 19.0 Å². The lowest BCUT2D eigenvalue weighted by Gasteiger charge is -2.17. The number of carbonyl (C=O) groups excluding carboxylic acids is 2. The molecule has 0 aliphatic carbocycles. The highest BCUT2D eigenvalue weighted by molar-refractivity contribution is 5.98. The summed E-state index contributed by atoms with van der Waals surface area (Å²) in [6.45, 7) is 1.06. The normalized spacial score (nSPS) is 16.5. The Kier molecular flexibility index (Phi) is 4.30. The molecule has 2 amide bonds. The Morgan fingerprint density at radius 2 is 2.07 bits per heavy atom. The van der Waals surface area contributed by atoms with Crippen LogP contribution in [0.2, 0.25) is 0 Å². The summed E-state index contributed by atoms with van der Waals surface area (Å²) in [7, 11) is 0. The Labute approximate surface area is 155 Å². The molecule has 0 saturated carbocycles. The molecular weight excluding hydrogens is 342 g/mol. The highest BCUT2D eigenvalue weighted by Gasteiger charge is 2.32. The Balaban J connectivity index is 1.40. The van der Waals surface area contributed by atoms with Crippen molar-refractivity contribution in [1.82, 2.24) is 19.6 Å². The smallest absolute Gasteiger partial charge is 0.253 e. The molecule has 0 bridgehead atoms. The zero-order chi connectivity index (χ0) is 18.8. The van der Waals surface area contributed by atoms with Gasteiger partial charge in [0.1, 0.15) is 11.7 Å². The molecule has 1 fully saturated rings. The first-order valence-corrected chi connectivity index (χ1v) is 8.65. The predicted molar refractivity (Wildman–Crippen MR) is 97.6 cm³/mol. The van der Waals surface area contributed by atoms with Gasteiger partial charge in [-0.05, 0) is 36.2 Å². The van der Waals surface area contributed by atoms with Crippen molar-refractivity contribution in [2.24, 2.45) is 0 Å². The van der Waals surface area contributed by atoms with E-state index in [9.17, 15) is 9.59 Å². The van der Waals surface area contributed by atoms with Crippen molar-refractivity contribution < 1.29 is 9.59 Å². The van der Waals surface area contributed by atoms with Gasteiger partial charge in [-0.2, -0.15) is 5.26 Å². The monoisotopic (exact) mass is 359 g/mol. The van der Waals surface area contributed by atoms with Crippen LogP contribution in [0.25, 0.3) is 5.65 Å². The van der Waals surface area contributed by atoms with Crippen molar-refractivity contribution >= 4 is 17.5 Å². The summed E-state index contributed by atoms with van der Waals surface area (Å²) in [5.74, 6) is -0.361. The lowest BCUT2D eigenvalue weighted by atomic mass is 10.1. The third-order valence-electron chi connectivity index (χ3n) is 4.71. The lowest BCUT2D eigenvalue weighted by molar-refractivity contribution is -0.129. The maximum absolute atomic E-state index is 12.6. The average Bonchev–Trinajstić information content (AvgIpc) is 3.30. The second kappa shape index (κ2) is 6.92. The topological polar surface area (TPSA) is 90.5 Å². The van der Waals surface area contributed by atoms with E-state index in [4.69, 9.17) is 5.26 Å². The molecule has 2 aromatic heterocycles. The molecule has 1 saturated heterocycles. The molecule has 3 heterocycles. The van der Waals surface area contributed by atoms with Gasteiger partial charge in [0.2, 0.25) is 5.91 Å². The van der Waals surface area contributed by atoms with E-state index in [1.807, 2.05) is 12.1 Å². The number of hydrogen-bond acceptors (Lipinski definition) is 4. The van der Waals surface area contributed by atoms with Crippen LogP contribution in [0.5, 0.6) is 0 Å². The van der Waals surface area contributed by atoms with Gasteiger partial charge in [-0.1, -0.05) is 12.1 Å². The summed E-state index contributed by atoms with van der Waals surface area (Å²) in [6.07, 6.45) is 5.71. The first-order valence-electron chi connectivity index (χ1n) is 8.65. The van der Waals surface area contributed by atoms with E-state index in [0.717, 1.165) is 11.2 Å². The number of likely N-dealkylation sites (tertiary alicyclic amines) is 1. The Morgan fingerprint density at radius 1 is 1.26 bits per heavy atom. The van der Waals surface area contributed by atoms with E-state index in [0.29, 0.717) is 30.6 Å². The minimum Gasteiger partial charge on any atom is -0.340 e. The zero-order valence-electron chi connectivity index (χ0n) is 14.5. The van der Waals surface area contributed by atoms with Crippen LogP contribution in [0.3, 0.4) is 0 Å². The number of amides is 2. The van der Waals surface area contributed by atoms with Crippen LogP contribution in [-0.4, -0.2) is 38.7 Å². The van der Waals surface area contributed by atoms with Gasteiger partial charge < -0.3 is 14.6 Å². The fourth-order valence-electron chi connectivity index (χ4n) is 3.23. The molecule has 1 unspecified atom stereocenters. The van der Waals surface area contributed by atoms with E-state index < -0.39 is 6.04 Å². The second-order valence-electron chi connectivity index (χ2n) is 6.49. The quantitative estimate of drug-likeness (QED) is 0.768. The Bertz CT molecular complexity index is 1050. The number of fused-ring (bicyclic) bond motifs is 1. The van der Waals surface area contributed by atoms with Crippen LogP contribution in [0.15, 0.2) is 55.0 Å². The average molecular weight is 359 g/mol. The summed E-state index contributed by atoms with van der Waals surface area (Å²) in [5.41, 5.74) is 2.79. The van der Waals surface area contributed by atoms with E-state index in [2.05, 4.69) is 16.4 Å². The van der Waals surface area contributed by atoms with E-state index >= 15 is 0 Å². The maximum Gasteiger partial charge on any atom is 0.253 e. The highest BCUT2D eigenvalue weighted by atomic mass is 16.2. The minimum absolute atomic E-state index is 0.0866. The molecule has 4 rings (SSSR count). The Hall–Kier alpha value is -3.66. The molecule has 7 heteroatoms. The molecule has 1 aliphatic rings. The summed E-state index contributed by atoms with van der Waals surface area (Å²) >= 11 is 0. The van der Waals surface area contributed by atoms with Crippen LogP contribution < -0.4 is 5.32 Å². The number of hydrogen-bond donors (Lipinski definition) is 1. The molecule has 1 N–H and O–H groups in total. The second-order valence-corrected chi connectivity index (χ2v) is 6.49. The third kappa shape index (κ3) is 3.37. The lowest BCUT2D eigenvalue weighted by Crippen LogP contribution is -2.41. The largest absolute Gasteiger partial charge is 0.340 e. The van der Waals surface area contributed by atoms with Crippen molar-refractivity contribution in [2.75, 3.05) is 6.54 Å². The van der Waals surface area contributed by atoms with E-state index in [1.165, 1.54) is 0 Å². The van der Waals surface area contributed by atoms with Crippen molar-refractivity contribution in [3.05, 3.63) is 71.7 Å². The van der Waals surface area contributed by atoms with E-state index in [-0.39, 0.29) is 11.8 Å². The van der Waals surface area contributed by atoms with Gasteiger partial charge in [-0.25, -0.2) is 4.98 Å². The van der Waals surface area contributed by atoms with Crippen LogP contribution in [0.4, 0.5) is 0 Å². The van der Waals surface area contributed by atoms with Crippen molar-refractivity contribution in [3.8, 4) is 6.07 Å². The highest BCUT2D eigenvalue weighted by Crippen LogP contribution is 2.16. The van der Waals surface area contributed by atoms with Crippen LogP contribution in [0, 0.1) is 11.3 Å². The molecule has 1 aliphatic heterocycles. The van der Waals surface area contributed by atoms with Gasteiger partial charge in [0.05, 0.1) is 17.2 Å². The number of nitriles is 1. The first-order chi connectivity index (χ1) is 13.1. The predicted octanol–water partition coefficient (Wildman–Crippen LogP) is 1.74. The molecule has 7 nitrogen and oxygen atoms in total. The molecule has 0 radical (unpaired) electrons. The number of nitrogens with one attached hydrogen (secondary N) is 1. The Morgan fingerprint density at radius 3 is 2.85 bits per heavy atom. The SMILES string of the molecule is N#Cc1ccc(CN2CCC(NC(=O)c3ccc4nccn4c3)C2=O)cc1. The molecule has 134 valence electrons. The standard InChI is InChI=1S/C20H17N5O2/c21-11-14-1-3-15(4-2-14)12-25-9-7-17(20(25)27)23-19(26)16-5-6-18-22-8-10-24(18)13-16/h1-6,8,10,13,17H,7,9,12H2,(H,23,26). The number of aromatic nitrogens is 2. The molecule has 1 atom stereocenters. The fourth-order valence-corrected chi connectivity index (χ4v) is 3.23. The number of pyridine rings is 1. The molecule has 3 aromatic rings. The number of nitrogens with zero attached hydrogens (tertiary/aromatic N) is 4. The molecular formula is C20H17N5O2. The summed E-state index contributed by atoms with van der Waals surface area (Å²) in [4.78, 5) is 31.0. The minimum atomic E-state index is -0.519. The van der Waals surface area contributed by atoms with Crippen LogP contribution in [-0.2, 0) is 11.3 Å². The number of imidazole rings is 1. The van der Waals surface area contributed by atoms with E-state index in [1.54, 1.807) is 52.2 Å². The zero-order valence-corrected chi connectivity index (χ0v) is 14.5. The van der Waals surface area contributed by atoms with Crippen LogP contribution >= 0.6 is 0 Å². The van der Waals surface area contributed by atoms with Gasteiger partial charge in [-0.3, -0.25) is 9.59 Å². The number of rotatable bonds is 4. The van der Waals surface area contributed by atoms with Gasteiger partial charge in [0, 0.05) is 31.7 Å². The third-order valence-corrected chi connectivity index (χ3v) is 4.71. The summed E-state index contributed by atoms with van der Waals surface area (Å²) < 4.78 is 1.77. The van der Waals surface area contributed by atoms with Crippen molar-refractivity contribution in [1.29, 1.82) is 5.26 Å². The molecule has 27 heavy (non-hydrogen) atoms. The summed E-state index contributed by atoms with van der Waals surface area (Å²) in [5, 5.41) is 11.7. The van der Waals surface area contributed by atoms with Crippen molar-refractivity contribution in [3.63, 3.8) is 0 Å². The molecule has 1 aromatic carbocycles. The summed E-state index contributed by atoms with van der Waals surface area (Å²) in [6, 6.07) is 12.2. The van der Waals surface area contributed by atoms with Gasteiger partial charge in [0.25, 0.3) is 5.91 Å². The fraction of sp³-hybridized carbons (Fsp3) is 0.200. The first kappa shape index (κ1) is 16.8. The number of carbonyl (C=O) groups is 2.